The summed E-state index contributed by atoms with van der Waals surface area (Å²) in [7, 11) is 1.45. The van der Waals surface area contributed by atoms with Crippen molar-refractivity contribution >= 4 is 29.1 Å². The largest absolute Gasteiger partial charge is 0.494 e. The predicted octanol–water partition coefficient (Wildman–Crippen LogP) is 3.14. The highest BCUT2D eigenvalue weighted by molar-refractivity contribution is 6.37. The first-order valence-electron chi connectivity index (χ1n) is 5.14. The third kappa shape index (κ3) is 3.32. The van der Waals surface area contributed by atoms with E-state index in [1.165, 1.54) is 19.2 Å². The van der Waals surface area contributed by atoms with E-state index in [0.29, 0.717) is 11.3 Å². The first-order valence-corrected chi connectivity index (χ1v) is 5.89. The van der Waals surface area contributed by atoms with Crippen molar-refractivity contribution in [2.45, 2.75) is 19.4 Å². The molecule has 5 heteroatoms. The van der Waals surface area contributed by atoms with E-state index in [9.17, 15) is 4.79 Å². The summed E-state index contributed by atoms with van der Waals surface area (Å²) in [5.74, 6) is 2.47. The molecule has 0 saturated heterocycles. The molecule has 0 heterocycles. The monoisotopic (exact) mass is 285 g/mol. The number of benzene rings is 1. The average Bonchev–Trinajstić information content (AvgIpc) is 2.28. The lowest BCUT2D eigenvalue weighted by molar-refractivity contribution is 0.0930. The van der Waals surface area contributed by atoms with E-state index in [0.717, 1.165) is 0 Å². The molecular formula is C13H13Cl2NO2. The van der Waals surface area contributed by atoms with Gasteiger partial charge in [-0.3, -0.25) is 4.79 Å². The number of hydrogen-bond acceptors (Lipinski definition) is 2. The lowest BCUT2D eigenvalue weighted by atomic mass is 10.1. The van der Waals surface area contributed by atoms with E-state index in [-0.39, 0.29) is 16.0 Å². The van der Waals surface area contributed by atoms with Crippen molar-refractivity contribution in [1.82, 2.24) is 5.32 Å². The summed E-state index contributed by atoms with van der Waals surface area (Å²) < 4.78 is 5.00. The summed E-state index contributed by atoms with van der Waals surface area (Å²) >= 11 is 11.9. The van der Waals surface area contributed by atoms with Gasteiger partial charge in [-0.1, -0.05) is 29.1 Å². The van der Waals surface area contributed by atoms with Crippen LogP contribution >= 0.6 is 23.2 Å². The van der Waals surface area contributed by atoms with E-state index < -0.39 is 5.54 Å². The van der Waals surface area contributed by atoms with Gasteiger partial charge in [-0.2, -0.15) is 0 Å². The van der Waals surface area contributed by atoms with Crippen LogP contribution in [-0.4, -0.2) is 18.6 Å². The average molecular weight is 286 g/mol. The molecule has 0 aliphatic heterocycles. The highest BCUT2D eigenvalue weighted by atomic mass is 35.5. The van der Waals surface area contributed by atoms with Crippen LogP contribution in [0.2, 0.25) is 10.0 Å². The minimum atomic E-state index is -0.740. The summed E-state index contributed by atoms with van der Waals surface area (Å²) in [6.07, 6.45) is 5.30. The Morgan fingerprint density at radius 1 is 1.39 bits per heavy atom. The van der Waals surface area contributed by atoms with Crippen molar-refractivity contribution < 1.29 is 9.53 Å². The molecule has 1 rings (SSSR count). The third-order valence-corrected chi connectivity index (χ3v) is 2.81. The predicted molar refractivity (Wildman–Crippen MR) is 73.4 cm³/mol. The van der Waals surface area contributed by atoms with E-state index in [1.54, 1.807) is 13.8 Å². The number of methoxy groups -OCH3 is 1. The van der Waals surface area contributed by atoms with Crippen molar-refractivity contribution in [2.75, 3.05) is 7.11 Å². The van der Waals surface area contributed by atoms with E-state index in [4.69, 9.17) is 34.4 Å². The van der Waals surface area contributed by atoms with Gasteiger partial charge in [0, 0.05) is 5.56 Å². The molecule has 3 nitrogen and oxygen atoms in total. The fourth-order valence-electron chi connectivity index (χ4n) is 1.28. The Balaban J connectivity index is 3.06. The van der Waals surface area contributed by atoms with Gasteiger partial charge in [0.05, 0.1) is 22.7 Å². The fourth-order valence-corrected chi connectivity index (χ4v) is 1.92. The minimum Gasteiger partial charge on any atom is -0.494 e. The zero-order valence-electron chi connectivity index (χ0n) is 10.3. The molecule has 1 N–H and O–H groups in total. The Kier molecular flexibility index (Phi) is 4.50. The molecule has 1 amide bonds. The molecule has 0 aliphatic carbocycles. The van der Waals surface area contributed by atoms with Crippen LogP contribution in [0.4, 0.5) is 0 Å². The summed E-state index contributed by atoms with van der Waals surface area (Å²) in [4.78, 5) is 12.0. The Labute approximate surface area is 116 Å². The molecule has 96 valence electrons. The number of halogens is 2. The number of terminal acetylenes is 1. The maximum atomic E-state index is 12.0. The van der Waals surface area contributed by atoms with Crippen molar-refractivity contribution in [2.24, 2.45) is 0 Å². The van der Waals surface area contributed by atoms with Gasteiger partial charge in [-0.05, 0) is 26.0 Å². The molecule has 0 atom stereocenters. The minimum absolute atomic E-state index is 0.272. The number of rotatable bonds is 3. The summed E-state index contributed by atoms with van der Waals surface area (Å²) in [5, 5.41) is 3.22. The summed E-state index contributed by atoms with van der Waals surface area (Å²) in [6, 6.07) is 2.96. The van der Waals surface area contributed by atoms with Crippen molar-refractivity contribution in [3.8, 4) is 18.1 Å². The number of hydrogen-bond donors (Lipinski definition) is 1. The third-order valence-electron chi connectivity index (χ3n) is 2.25. The molecule has 0 saturated carbocycles. The molecular weight excluding hydrogens is 273 g/mol. The zero-order valence-corrected chi connectivity index (χ0v) is 11.8. The molecule has 0 aliphatic rings. The molecule has 1 aromatic rings. The molecule has 0 fully saturated rings. The number of carbonyl (C=O) groups is 1. The lowest BCUT2D eigenvalue weighted by Gasteiger charge is -2.20. The van der Waals surface area contributed by atoms with Gasteiger partial charge in [0.1, 0.15) is 0 Å². The van der Waals surface area contributed by atoms with Gasteiger partial charge in [0.25, 0.3) is 5.91 Å². The van der Waals surface area contributed by atoms with Gasteiger partial charge in [-0.15, -0.1) is 6.42 Å². The SMILES string of the molecule is C#CC(C)(C)NC(=O)c1cc(Cl)c(OC)c(Cl)c1. The van der Waals surface area contributed by atoms with Crippen LogP contribution in [0, 0.1) is 12.3 Å². The number of ether oxygens (including phenoxy) is 1. The topological polar surface area (TPSA) is 38.3 Å². The quantitative estimate of drug-likeness (QED) is 0.867. The van der Waals surface area contributed by atoms with Gasteiger partial charge in [0.2, 0.25) is 0 Å². The molecule has 0 spiro atoms. The Morgan fingerprint density at radius 2 is 1.89 bits per heavy atom. The second kappa shape index (κ2) is 5.51. The maximum absolute atomic E-state index is 12.0. The van der Waals surface area contributed by atoms with Crippen LogP contribution in [0.25, 0.3) is 0 Å². The fraction of sp³-hybridized carbons (Fsp3) is 0.308. The maximum Gasteiger partial charge on any atom is 0.252 e. The molecule has 18 heavy (non-hydrogen) atoms. The highest BCUT2D eigenvalue weighted by Crippen LogP contribution is 2.33. The molecule has 0 radical (unpaired) electrons. The molecule has 1 aromatic carbocycles. The van der Waals surface area contributed by atoms with E-state index in [1.807, 2.05) is 0 Å². The van der Waals surface area contributed by atoms with Gasteiger partial charge in [0.15, 0.2) is 5.75 Å². The molecule has 0 unspecified atom stereocenters. The van der Waals surface area contributed by atoms with Crippen LogP contribution in [0.5, 0.6) is 5.75 Å². The van der Waals surface area contributed by atoms with Crippen LogP contribution in [-0.2, 0) is 0 Å². The van der Waals surface area contributed by atoms with E-state index in [2.05, 4.69) is 11.2 Å². The van der Waals surface area contributed by atoms with Crippen LogP contribution in [0.3, 0.4) is 0 Å². The van der Waals surface area contributed by atoms with Crippen molar-refractivity contribution in [1.29, 1.82) is 0 Å². The zero-order chi connectivity index (χ0) is 13.9. The number of amides is 1. The van der Waals surface area contributed by atoms with Gasteiger partial charge in [-0.25, -0.2) is 0 Å². The number of carbonyl (C=O) groups excluding carboxylic acids is 1. The van der Waals surface area contributed by atoms with Crippen molar-refractivity contribution in [3.63, 3.8) is 0 Å². The van der Waals surface area contributed by atoms with E-state index >= 15 is 0 Å². The van der Waals surface area contributed by atoms with Crippen LogP contribution in [0.15, 0.2) is 12.1 Å². The smallest absolute Gasteiger partial charge is 0.252 e. The van der Waals surface area contributed by atoms with Gasteiger partial charge < -0.3 is 10.1 Å². The van der Waals surface area contributed by atoms with Gasteiger partial charge >= 0.3 is 0 Å². The second-order valence-electron chi connectivity index (χ2n) is 4.20. The number of nitrogens with one attached hydrogen (secondary N) is 1. The Morgan fingerprint density at radius 3 is 2.28 bits per heavy atom. The summed E-state index contributed by atoms with van der Waals surface area (Å²) in [5.41, 5.74) is -0.412. The second-order valence-corrected chi connectivity index (χ2v) is 5.01. The Bertz CT molecular complexity index is 495. The first kappa shape index (κ1) is 14.7. The van der Waals surface area contributed by atoms with Crippen LogP contribution < -0.4 is 10.1 Å². The molecule has 0 bridgehead atoms. The first-order chi connectivity index (χ1) is 8.30. The van der Waals surface area contributed by atoms with Crippen molar-refractivity contribution in [3.05, 3.63) is 27.7 Å². The molecule has 0 aromatic heterocycles. The van der Waals surface area contributed by atoms with Crippen LogP contribution in [0.1, 0.15) is 24.2 Å². The Hall–Kier alpha value is -1.37. The highest BCUT2D eigenvalue weighted by Gasteiger charge is 2.20. The lowest BCUT2D eigenvalue weighted by Crippen LogP contribution is -2.42. The standard InChI is InChI=1S/C13H13Cl2NO2/c1-5-13(2,3)16-12(17)8-6-9(14)11(18-4)10(15)7-8/h1,6-7H,2-4H3,(H,16,17). The normalized spacial score (nSPS) is 10.7. The summed E-state index contributed by atoms with van der Waals surface area (Å²) in [6.45, 7) is 3.44.